The number of nitriles is 1. The Morgan fingerprint density at radius 1 is 1.58 bits per heavy atom. The van der Waals surface area contributed by atoms with E-state index in [2.05, 4.69) is 10.8 Å². The van der Waals surface area contributed by atoms with Crippen LogP contribution in [0.3, 0.4) is 0 Å². The molecule has 0 amide bonds. The van der Waals surface area contributed by atoms with Gasteiger partial charge in [0.2, 0.25) is 0 Å². The van der Waals surface area contributed by atoms with Crippen molar-refractivity contribution in [3.05, 3.63) is 0 Å². The molecule has 0 unspecified atom stereocenters. The van der Waals surface area contributed by atoms with Crippen LogP contribution < -0.4 is 0 Å². The predicted molar refractivity (Wildman–Crippen MR) is 43.1 cm³/mol. The highest BCUT2D eigenvalue weighted by molar-refractivity contribution is 5.70. The zero-order valence-electron chi connectivity index (χ0n) is 7.30. The number of nitrogens with zero attached hydrogens (tertiary/aromatic N) is 1. The summed E-state index contributed by atoms with van der Waals surface area (Å²) in [5, 5.41) is 8.90. The lowest BCUT2D eigenvalue weighted by atomic mass is 9.84. The van der Waals surface area contributed by atoms with E-state index in [1.54, 1.807) is 0 Å². The lowest BCUT2D eigenvalue weighted by Crippen LogP contribution is -2.19. The van der Waals surface area contributed by atoms with Crippen LogP contribution in [0.4, 0.5) is 0 Å². The van der Waals surface area contributed by atoms with Crippen LogP contribution in [0.1, 0.15) is 32.1 Å². The van der Waals surface area contributed by atoms with E-state index in [-0.39, 0.29) is 12.4 Å². The highest BCUT2D eigenvalue weighted by Crippen LogP contribution is 2.40. The zero-order valence-corrected chi connectivity index (χ0v) is 7.30. The largest absolute Gasteiger partial charge is 0.469 e. The van der Waals surface area contributed by atoms with E-state index in [9.17, 15) is 4.79 Å². The van der Waals surface area contributed by atoms with Gasteiger partial charge in [-0.1, -0.05) is 12.8 Å². The first-order valence-corrected chi connectivity index (χ1v) is 4.20. The Labute approximate surface area is 72.3 Å². The fourth-order valence-electron chi connectivity index (χ4n) is 1.73. The van der Waals surface area contributed by atoms with E-state index in [0.29, 0.717) is 0 Å². The van der Waals surface area contributed by atoms with Gasteiger partial charge in [0.05, 0.1) is 25.0 Å². The molecule has 3 nitrogen and oxygen atoms in total. The smallest absolute Gasteiger partial charge is 0.307 e. The molecule has 1 rings (SSSR count). The van der Waals surface area contributed by atoms with Crippen molar-refractivity contribution in [3.63, 3.8) is 0 Å². The molecule has 1 aliphatic carbocycles. The molecule has 0 radical (unpaired) electrons. The van der Waals surface area contributed by atoms with Crippen molar-refractivity contribution in [2.75, 3.05) is 7.11 Å². The van der Waals surface area contributed by atoms with Crippen molar-refractivity contribution in [2.24, 2.45) is 5.41 Å². The second kappa shape index (κ2) is 3.57. The minimum Gasteiger partial charge on any atom is -0.469 e. The third kappa shape index (κ3) is 1.76. The van der Waals surface area contributed by atoms with Gasteiger partial charge in [-0.05, 0) is 12.8 Å². The predicted octanol–water partition coefficient (Wildman–Crippen LogP) is 1.63. The standard InChI is InChI=1S/C9H13NO2/c1-12-8(11)6-9(7-10)4-2-3-5-9/h2-6H2,1H3. The highest BCUT2D eigenvalue weighted by Gasteiger charge is 2.36. The molecule has 1 fully saturated rings. The first-order valence-electron chi connectivity index (χ1n) is 4.20. The molecule has 12 heavy (non-hydrogen) atoms. The van der Waals surface area contributed by atoms with Crippen LogP contribution in [-0.4, -0.2) is 13.1 Å². The summed E-state index contributed by atoms with van der Waals surface area (Å²) in [5.41, 5.74) is -0.410. The molecule has 0 aromatic rings. The average molecular weight is 167 g/mol. The fraction of sp³-hybridized carbons (Fsp3) is 0.778. The molecule has 0 aromatic carbocycles. The van der Waals surface area contributed by atoms with Crippen LogP contribution in [0.25, 0.3) is 0 Å². The third-order valence-corrected chi connectivity index (χ3v) is 2.51. The maximum absolute atomic E-state index is 11.0. The van der Waals surface area contributed by atoms with Crippen LogP contribution in [0, 0.1) is 16.7 Å². The molecule has 0 heterocycles. The quantitative estimate of drug-likeness (QED) is 0.587. The summed E-state index contributed by atoms with van der Waals surface area (Å²) >= 11 is 0. The van der Waals surface area contributed by atoms with Gasteiger partial charge in [0.25, 0.3) is 0 Å². The van der Waals surface area contributed by atoms with E-state index in [4.69, 9.17) is 5.26 Å². The minimum atomic E-state index is -0.410. The third-order valence-electron chi connectivity index (χ3n) is 2.51. The van der Waals surface area contributed by atoms with E-state index < -0.39 is 5.41 Å². The van der Waals surface area contributed by atoms with Gasteiger partial charge in [-0.2, -0.15) is 5.26 Å². The van der Waals surface area contributed by atoms with Crippen molar-refractivity contribution in [3.8, 4) is 6.07 Å². The summed E-state index contributed by atoms with van der Waals surface area (Å²) in [6.45, 7) is 0. The van der Waals surface area contributed by atoms with Gasteiger partial charge in [-0.25, -0.2) is 0 Å². The van der Waals surface area contributed by atoms with Gasteiger partial charge in [0.1, 0.15) is 0 Å². The Balaban J connectivity index is 2.57. The summed E-state index contributed by atoms with van der Waals surface area (Å²) in [4.78, 5) is 11.0. The van der Waals surface area contributed by atoms with E-state index in [0.717, 1.165) is 25.7 Å². The Morgan fingerprint density at radius 2 is 2.17 bits per heavy atom. The normalized spacial score (nSPS) is 20.0. The Bertz CT molecular complexity index is 211. The molecular weight excluding hydrogens is 154 g/mol. The SMILES string of the molecule is COC(=O)CC1(C#N)CCCC1. The number of hydrogen-bond acceptors (Lipinski definition) is 3. The topological polar surface area (TPSA) is 50.1 Å². The van der Waals surface area contributed by atoms with E-state index >= 15 is 0 Å². The summed E-state index contributed by atoms with van der Waals surface area (Å²) in [6, 6.07) is 2.24. The zero-order chi connectivity index (χ0) is 9.03. The molecule has 3 heteroatoms. The average Bonchev–Trinajstić information content (AvgIpc) is 2.54. The summed E-state index contributed by atoms with van der Waals surface area (Å²) in [5.74, 6) is -0.265. The molecular formula is C9H13NO2. The lowest BCUT2D eigenvalue weighted by molar-refractivity contribution is -0.142. The number of ether oxygens (including phenoxy) is 1. The number of methoxy groups -OCH3 is 1. The fourth-order valence-corrected chi connectivity index (χ4v) is 1.73. The molecule has 0 atom stereocenters. The Kier molecular flexibility index (Phi) is 2.69. The summed E-state index contributed by atoms with van der Waals surface area (Å²) < 4.78 is 4.55. The van der Waals surface area contributed by atoms with Crippen LogP contribution in [0.5, 0.6) is 0 Å². The van der Waals surface area contributed by atoms with Gasteiger partial charge in [0, 0.05) is 0 Å². The van der Waals surface area contributed by atoms with Crippen molar-refractivity contribution in [1.82, 2.24) is 0 Å². The van der Waals surface area contributed by atoms with Gasteiger partial charge in [0.15, 0.2) is 0 Å². The van der Waals surface area contributed by atoms with Crippen molar-refractivity contribution in [1.29, 1.82) is 5.26 Å². The van der Waals surface area contributed by atoms with Gasteiger partial charge in [-0.15, -0.1) is 0 Å². The second-order valence-electron chi connectivity index (χ2n) is 3.35. The van der Waals surface area contributed by atoms with Crippen molar-refractivity contribution >= 4 is 5.97 Å². The van der Waals surface area contributed by atoms with Crippen LogP contribution >= 0.6 is 0 Å². The summed E-state index contributed by atoms with van der Waals surface area (Å²) in [6.07, 6.45) is 4.08. The van der Waals surface area contributed by atoms with E-state index in [1.807, 2.05) is 0 Å². The number of carbonyl (C=O) groups is 1. The monoisotopic (exact) mass is 167 g/mol. The molecule has 1 aliphatic rings. The van der Waals surface area contributed by atoms with Gasteiger partial charge >= 0.3 is 5.97 Å². The number of esters is 1. The molecule has 0 saturated heterocycles. The highest BCUT2D eigenvalue weighted by atomic mass is 16.5. The number of hydrogen-bond donors (Lipinski definition) is 0. The van der Waals surface area contributed by atoms with Crippen molar-refractivity contribution < 1.29 is 9.53 Å². The summed E-state index contributed by atoms with van der Waals surface area (Å²) in [7, 11) is 1.36. The maximum atomic E-state index is 11.0. The molecule has 66 valence electrons. The van der Waals surface area contributed by atoms with Crippen LogP contribution in [0.15, 0.2) is 0 Å². The molecule has 0 bridgehead atoms. The number of rotatable bonds is 2. The van der Waals surface area contributed by atoms with Gasteiger partial charge < -0.3 is 4.74 Å². The Morgan fingerprint density at radius 3 is 2.58 bits per heavy atom. The second-order valence-corrected chi connectivity index (χ2v) is 3.35. The molecule has 0 N–H and O–H groups in total. The first-order chi connectivity index (χ1) is 5.72. The lowest BCUT2D eigenvalue weighted by Gasteiger charge is -2.17. The van der Waals surface area contributed by atoms with Crippen LogP contribution in [-0.2, 0) is 9.53 Å². The molecule has 1 saturated carbocycles. The molecule has 0 aliphatic heterocycles. The van der Waals surface area contributed by atoms with Gasteiger partial charge in [-0.3, -0.25) is 4.79 Å². The van der Waals surface area contributed by atoms with Crippen molar-refractivity contribution in [2.45, 2.75) is 32.1 Å². The minimum absolute atomic E-state index is 0.264. The maximum Gasteiger partial charge on any atom is 0.307 e. The van der Waals surface area contributed by atoms with Crippen LogP contribution in [0.2, 0.25) is 0 Å². The van der Waals surface area contributed by atoms with E-state index in [1.165, 1.54) is 7.11 Å². The molecule has 0 spiro atoms. The first kappa shape index (κ1) is 9.05. The number of carbonyl (C=O) groups excluding carboxylic acids is 1. The molecule has 0 aromatic heterocycles. The Hall–Kier alpha value is -1.04.